The minimum absolute atomic E-state index is 0.176. The molecule has 0 aliphatic heterocycles. The van der Waals surface area contributed by atoms with Crippen LogP contribution in [0, 0.1) is 0 Å². The number of nitrogens with one attached hydrogen (secondary N) is 2. The summed E-state index contributed by atoms with van der Waals surface area (Å²) in [7, 11) is 0. The molecule has 0 atom stereocenters. The van der Waals surface area contributed by atoms with Crippen molar-refractivity contribution >= 4 is 17.8 Å². The molecule has 154 valence electrons. The van der Waals surface area contributed by atoms with Crippen LogP contribution < -0.4 is 15.4 Å². The Morgan fingerprint density at radius 2 is 1.80 bits per heavy atom. The molecule has 3 aromatic rings. The Balaban J connectivity index is 1.70. The van der Waals surface area contributed by atoms with Crippen molar-refractivity contribution in [3.63, 3.8) is 0 Å². The minimum Gasteiger partial charge on any atom is -0.450 e. The molecule has 9 nitrogen and oxygen atoms in total. The Morgan fingerprint density at radius 1 is 1.00 bits per heavy atom. The molecule has 0 aliphatic rings. The van der Waals surface area contributed by atoms with E-state index in [0.29, 0.717) is 17.3 Å². The molecule has 0 aliphatic carbocycles. The van der Waals surface area contributed by atoms with Crippen molar-refractivity contribution in [1.82, 2.24) is 20.3 Å². The van der Waals surface area contributed by atoms with Crippen LogP contribution >= 0.6 is 0 Å². The van der Waals surface area contributed by atoms with Gasteiger partial charge in [-0.3, -0.25) is 0 Å². The van der Waals surface area contributed by atoms with E-state index in [9.17, 15) is 9.59 Å². The highest BCUT2D eigenvalue weighted by Crippen LogP contribution is 2.30. The number of amides is 3. The first-order valence-corrected chi connectivity index (χ1v) is 9.39. The van der Waals surface area contributed by atoms with E-state index in [-0.39, 0.29) is 6.61 Å². The molecule has 2 N–H and O–H groups in total. The van der Waals surface area contributed by atoms with E-state index in [0.717, 1.165) is 23.5 Å². The molecule has 0 bridgehead atoms. The third-order valence-corrected chi connectivity index (χ3v) is 3.89. The molecular formula is C21H21N5O4. The predicted octanol–water partition coefficient (Wildman–Crippen LogP) is 4.17. The Labute approximate surface area is 173 Å². The smallest absolute Gasteiger partial charge is 0.415 e. The van der Waals surface area contributed by atoms with Crippen molar-refractivity contribution < 1.29 is 19.1 Å². The molecule has 3 amide bonds. The number of pyridine rings is 1. The first-order chi connectivity index (χ1) is 14.6. The maximum Gasteiger partial charge on any atom is 0.415 e. The zero-order valence-corrected chi connectivity index (χ0v) is 16.6. The molecule has 3 rings (SSSR count). The summed E-state index contributed by atoms with van der Waals surface area (Å²) in [5.74, 6) is 1.66. The molecule has 0 unspecified atom stereocenters. The number of hydrogen-bond acceptors (Lipinski definition) is 7. The molecule has 2 heterocycles. The Bertz CT molecular complexity index is 1020. The zero-order chi connectivity index (χ0) is 21.3. The summed E-state index contributed by atoms with van der Waals surface area (Å²) in [6, 6.07) is 11.4. The fourth-order valence-corrected chi connectivity index (χ4v) is 2.53. The van der Waals surface area contributed by atoms with Crippen LogP contribution in [0.25, 0.3) is 11.3 Å². The average Bonchev–Trinajstić information content (AvgIpc) is 2.75. The third kappa shape index (κ3) is 5.51. The van der Waals surface area contributed by atoms with Gasteiger partial charge < -0.3 is 14.8 Å². The first-order valence-electron chi connectivity index (χ1n) is 9.39. The lowest BCUT2D eigenvalue weighted by Gasteiger charge is -2.11. The number of carbonyl (C=O) groups excluding carboxylic acids is 2. The van der Waals surface area contributed by atoms with E-state index in [4.69, 9.17) is 4.74 Å². The lowest BCUT2D eigenvalue weighted by molar-refractivity contribution is 0.154. The van der Waals surface area contributed by atoms with Crippen molar-refractivity contribution in [1.29, 1.82) is 0 Å². The van der Waals surface area contributed by atoms with Crippen LogP contribution in [-0.2, 0) is 11.2 Å². The summed E-state index contributed by atoms with van der Waals surface area (Å²) in [4.78, 5) is 36.1. The number of benzene rings is 1. The summed E-state index contributed by atoms with van der Waals surface area (Å²) >= 11 is 0. The standard InChI is InChI=1S/C21H21N5O4/c1-3-18-22-13-11-17(25-18)16-6-5-12-23-19(16)30-15-9-7-14(8-10-15)24-20(27)26-21(28)29-4-2/h5-13H,3-4H2,1-2H3,(H2,24,26,27,28). The minimum atomic E-state index is -0.811. The van der Waals surface area contributed by atoms with Crippen molar-refractivity contribution in [3.8, 4) is 22.9 Å². The van der Waals surface area contributed by atoms with Gasteiger partial charge >= 0.3 is 12.1 Å². The first kappa shape index (κ1) is 20.7. The topological polar surface area (TPSA) is 115 Å². The third-order valence-electron chi connectivity index (χ3n) is 3.89. The summed E-state index contributed by atoms with van der Waals surface area (Å²) in [6.07, 6.45) is 3.26. The number of anilines is 1. The van der Waals surface area contributed by atoms with Gasteiger partial charge in [-0.2, -0.15) is 0 Å². The highest BCUT2D eigenvalue weighted by molar-refractivity contribution is 5.98. The normalized spacial score (nSPS) is 10.2. The highest BCUT2D eigenvalue weighted by Gasteiger charge is 2.12. The van der Waals surface area contributed by atoms with Crippen LogP contribution in [0.4, 0.5) is 15.3 Å². The lowest BCUT2D eigenvalue weighted by Crippen LogP contribution is -2.34. The zero-order valence-electron chi connectivity index (χ0n) is 16.6. The number of ether oxygens (including phenoxy) is 2. The van der Waals surface area contributed by atoms with E-state index in [2.05, 4.69) is 30.3 Å². The number of hydrogen-bond donors (Lipinski definition) is 2. The number of rotatable bonds is 6. The SMILES string of the molecule is CCOC(=O)NC(=O)Nc1ccc(Oc2ncccc2-c2ccnc(CC)n2)cc1. The van der Waals surface area contributed by atoms with Gasteiger partial charge in [0.25, 0.3) is 0 Å². The van der Waals surface area contributed by atoms with E-state index in [1.54, 1.807) is 49.6 Å². The van der Waals surface area contributed by atoms with Crippen molar-refractivity contribution in [2.45, 2.75) is 20.3 Å². The van der Waals surface area contributed by atoms with Gasteiger partial charge in [0.05, 0.1) is 17.9 Å². The largest absolute Gasteiger partial charge is 0.450 e. The monoisotopic (exact) mass is 407 g/mol. The van der Waals surface area contributed by atoms with Gasteiger partial charge in [-0.05, 0) is 49.4 Å². The second-order valence-corrected chi connectivity index (χ2v) is 5.99. The summed E-state index contributed by atoms with van der Waals surface area (Å²) < 4.78 is 10.6. The lowest BCUT2D eigenvalue weighted by atomic mass is 10.2. The summed E-state index contributed by atoms with van der Waals surface area (Å²) in [6.45, 7) is 3.81. The fraction of sp³-hybridized carbons (Fsp3) is 0.190. The van der Waals surface area contributed by atoms with Crippen LogP contribution in [0.5, 0.6) is 11.6 Å². The van der Waals surface area contributed by atoms with Crippen LogP contribution in [0.15, 0.2) is 54.9 Å². The number of urea groups is 1. The van der Waals surface area contributed by atoms with Gasteiger partial charge in [-0.25, -0.2) is 29.9 Å². The van der Waals surface area contributed by atoms with Gasteiger partial charge in [0, 0.05) is 24.5 Å². The number of aryl methyl sites for hydroxylation is 1. The van der Waals surface area contributed by atoms with Crippen LogP contribution in [0.1, 0.15) is 19.7 Å². The average molecular weight is 407 g/mol. The van der Waals surface area contributed by atoms with Gasteiger partial charge in [-0.1, -0.05) is 6.92 Å². The van der Waals surface area contributed by atoms with Crippen molar-refractivity contribution in [2.75, 3.05) is 11.9 Å². The van der Waals surface area contributed by atoms with Gasteiger partial charge in [0.2, 0.25) is 5.88 Å². The number of carbonyl (C=O) groups is 2. The van der Waals surface area contributed by atoms with E-state index in [1.807, 2.05) is 19.1 Å². The molecule has 0 spiro atoms. The molecule has 1 aromatic carbocycles. The van der Waals surface area contributed by atoms with Gasteiger partial charge in [-0.15, -0.1) is 0 Å². The Hall–Kier alpha value is -4.01. The van der Waals surface area contributed by atoms with Crippen LogP contribution in [0.2, 0.25) is 0 Å². The van der Waals surface area contributed by atoms with E-state index >= 15 is 0 Å². The number of nitrogens with zero attached hydrogens (tertiary/aromatic N) is 3. The second kappa shape index (κ2) is 9.97. The van der Waals surface area contributed by atoms with Crippen LogP contribution in [0.3, 0.4) is 0 Å². The molecule has 0 saturated heterocycles. The molecule has 30 heavy (non-hydrogen) atoms. The van der Waals surface area contributed by atoms with E-state index < -0.39 is 12.1 Å². The highest BCUT2D eigenvalue weighted by atomic mass is 16.5. The molecular weight excluding hydrogens is 386 g/mol. The molecule has 0 fully saturated rings. The Morgan fingerprint density at radius 3 is 2.53 bits per heavy atom. The van der Waals surface area contributed by atoms with E-state index in [1.165, 1.54) is 0 Å². The van der Waals surface area contributed by atoms with Crippen LogP contribution in [-0.4, -0.2) is 33.7 Å². The molecule has 0 radical (unpaired) electrons. The van der Waals surface area contributed by atoms with Gasteiger partial charge in [0.1, 0.15) is 11.6 Å². The fourth-order valence-electron chi connectivity index (χ4n) is 2.53. The molecule has 9 heteroatoms. The number of imide groups is 1. The predicted molar refractivity (Wildman–Crippen MR) is 110 cm³/mol. The van der Waals surface area contributed by atoms with Crippen molar-refractivity contribution in [3.05, 3.63) is 60.7 Å². The Kier molecular flexibility index (Phi) is 6.88. The van der Waals surface area contributed by atoms with Gasteiger partial charge in [0.15, 0.2) is 0 Å². The summed E-state index contributed by atoms with van der Waals surface area (Å²) in [5, 5.41) is 4.59. The van der Waals surface area contributed by atoms with Crippen molar-refractivity contribution in [2.24, 2.45) is 0 Å². The molecule has 0 saturated carbocycles. The molecule has 2 aromatic heterocycles. The number of aromatic nitrogens is 3. The quantitative estimate of drug-likeness (QED) is 0.630. The number of alkyl carbamates (subject to hydrolysis) is 1. The second-order valence-electron chi connectivity index (χ2n) is 5.99. The maximum absolute atomic E-state index is 11.8. The summed E-state index contributed by atoms with van der Waals surface area (Å²) in [5.41, 5.74) is 1.94. The maximum atomic E-state index is 11.8.